The third kappa shape index (κ3) is 1.63. The Bertz CT molecular complexity index is 271. The predicted molar refractivity (Wildman–Crippen MR) is 47.8 cm³/mol. The second-order valence-corrected chi connectivity index (χ2v) is 2.86. The summed E-state index contributed by atoms with van der Waals surface area (Å²) < 4.78 is 0. The minimum absolute atomic E-state index is 0.545. The molecule has 1 aromatic rings. The lowest BCUT2D eigenvalue weighted by Gasteiger charge is -2.04. The molecule has 11 heavy (non-hydrogen) atoms. The number of nitrogens with two attached hydrogens (primary N) is 1. The van der Waals surface area contributed by atoms with Crippen LogP contribution in [0.2, 0.25) is 5.02 Å². The fraction of sp³-hybridized carbons (Fsp3) is 0.375. The number of aryl methyl sites for hydroxylation is 2. The maximum absolute atomic E-state index is 5.95. The fourth-order valence-electron chi connectivity index (χ4n) is 0.984. The van der Waals surface area contributed by atoms with Crippen molar-refractivity contribution in [2.24, 2.45) is 0 Å². The number of rotatable bonds is 1. The van der Waals surface area contributed by atoms with Gasteiger partial charge in [-0.2, -0.15) is 0 Å². The molecule has 0 saturated heterocycles. The van der Waals surface area contributed by atoms with E-state index in [0.29, 0.717) is 5.82 Å². The molecule has 0 aromatic carbocycles. The standard InChI is InChI=1S/C8H11ClN2/c1-3-6-8(9)5(2)4-7(10)11-6/h4H,3H2,1-2H3,(H2,10,11). The van der Waals surface area contributed by atoms with Gasteiger partial charge in [-0.15, -0.1) is 0 Å². The zero-order valence-electron chi connectivity index (χ0n) is 6.69. The number of nitrogen functional groups attached to an aromatic ring is 1. The van der Waals surface area contributed by atoms with Crippen molar-refractivity contribution in [3.63, 3.8) is 0 Å². The Morgan fingerprint density at radius 3 is 2.82 bits per heavy atom. The van der Waals surface area contributed by atoms with Crippen LogP contribution in [0.25, 0.3) is 0 Å². The molecule has 0 bridgehead atoms. The van der Waals surface area contributed by atoms with E-state index in [0.717, 1.165) is 22.7 Å². The van der Waals surface area contributed by atoms with E-state index in [9.17, 15) is 0 Å². The Hall–Kier alpha value is -0.760. The molecule has 1 heterocycles. The number of nitrogens with zero attached hydrogens (tertiary/aromatic N) is 1. The van der Waals surface area contributed by atoms with E-state index in [1.165, 1.54) is 0 Å². The Kier molecular flexibility index (Phi) is 2.35. The van der Waals surface area contributed by atoms with Gasteiger partial charge >= 0.3 is 0 Å². The molecule has 2 nitrogen and oxygen atoms in total. The summed E-state index contributed by atoms with van der Waals surface area (Å²) in [6.45, 7) is 3.94. The van der Waals surface area contributed by atoms with E-state index in [4.69, 9.17) is 17.3 Å². The van der Waals surface area contributed by atoms with Crippen molar-refractivity contribution in [3.8, 4) is 0 Å². The van der Waals surface area contributed by atoms with Gasteiger partial charge in [0.15, 0.2) is 0 Å². The smallest absolute Gasteiger partial charge is 0.123 e. The Morgan fingerprint density at radius 1 is 1.64 bits per heavy atom. The van der Waals surface area contributed by atoms with Crippen LogP contribution in [0.3, 0.4) is 0 Å². The Morgan fingerprint density at radius 2 is 2.27 bits per heavy atom. The fourth-order valence-corrected chi connectivity index (χ4v) is 1.21. The zero-order valence-corrected chi connectivity index (χ0v) is 7.44. The highest BCUT2D eigenvalue weighted by molar-refractivity contribution is 6.32. The van der Waals surface area contributed by atoms with Crippen molar-refractivity contribution in [2.75, 3.05) is 5.73 Å². The maximum Gasteiger partial charge on any atom is 0.123 e. The van der Waals surface area contributed by atoms with Crippen LogP contribution in [-0.2, 0) is 6.42 Å². The molecule has 0 aliphatic heterocycles. The van der Waals surface area contributed by atoms with Crippen LogP contribution in [0.5, 0.6) is 0 Å². The molecule has 3 heteroatoms. The summed E-state index contributed by atoms with van der Waals surface area (Å²) in [5, 5.41) is 0.738. The van der Waals surface area contributed by atoms with Gasteiger partial charge in [0.1, 0.15) is 5.82 Å². The Balaban J connectivity index is 3.24. The molecule has 0 aliphatic carbocycles. The minimum Gasteiger partial charge on any atom is -0.384 e. The number of hydrogen-bond acceptors (Lipinski definition) is 2. The third-order valence-corrected chi connectivity index (χ3v) is 2.08. The second kappa shape index (κ2) is 3.09. The normalized spacial score (nSPS) is 10.1. The summed E-state index contributed by atoms with van der Waals surface area (Å²) in [5.74, 6) is 0.545. The Labute approximate surface area is 71.4 Å². The predicted octanol–water partition coefficient (Wildman–Crippen LogP) is 2.19. The summed E-state index contributed by atoms with van der Waals surface area (Å²) >= 11 is 5.95. The second-order valence-electron chi connectivity index (χ2n) is 2.48. The van der Waals surface area contributed by atoms with Gasteiger partial charge in [-0.25, -0.2) is 4.98 Å². The molecule has 0 atom stereocenters. The van der Waals surface area contributed by atoms with E-state index < -0.39 is 0 Å². The van der Waals surface area contributed by atoms with Gasteiger partial charge < -0.3 is 5.73 Å². The van der Waals surface area contributed by atoms with Crippen molar-refractivity contribution in [3.05, 3.63) is 22.3 Å². The van der Waals surface area contributed by atoms with Gasteiger partial charge in [-0.3, -0.25) is 0 Å². The highest BCUT2D eigenvalue weighted by Crippen LogP contribution is 2.20. The van der Waals surface area contributed by atoms with Gasteiger partial charge in [0, 0.05) is 0 Å². The highest BCUT2D eigenvalue weighted by atomic mass is 35.5. The first-order valence-electron chi connectivity index (χ1n) is 3.56. The van der Waals surface area contributed by atoms with Crippen molar-refractivity contribution in [1.29, 1.82) is 0 Å². The highest BCUT2D eigenvalue weighted by Gasteiger charge is 2.03. The van der Waals surface area contributed by atoms with Crippen LogP contribution in [0, 0.1) is 6.92 Å². The molecule has 0 aliphatic rings. The molecule has 0 radical (unpaired) electrons. The SMILES string of the molecule is CCc1nc(N)cc(C)c1Cl. The third-order valence-electron chi connectivity index (χ3n) is 1.56. The molecule has 0 unspecified atom stereocenters. The molecule has 0 saturated carbocycles. The van der Waals surface area contributed by atoms with Gasteiger partial charge in [-0.1, -0.05) is 18.5 Å². The maximum atomic E-state index is 5.95. The van der Waals surface area contributed by atoms with Crippen molar-refractivity contribution in [2.45, 2.75) is 20.3 Å². The van der Waals surface area contributed by atoms with E-state index in [1.54, 1.807) is 6.07 Å². The van der Waals surface area contributed by atoms with Crippen LogP contribution in [-0.4, -0.2) is 4.98 Å². The van der Waals surface area contributed by atoms with Crippen molar-refractivity contribution >= 4 is 17.4 Å². The number of hydrogen-bond donors (Lipinski definition) is 1. The van der Waals surface area contributed by atoms with E-state index in [2.05, 4.69) is 4.98 Å². The summed E-state index contributed by atoms with van der Waals surface area (Å²) in [6, 6.07) is 1.78. The van der Waals surface area contributed by atoms with Crippen LogP contribution < -0.4 is 5.73 Å². The van der Waals surface area contributed by atoms with E-state index in [-0.39, 0.29) is 0 Å². The number of pyridine rings is 1. The van der Waals surface area contributed by atoms with Crippen LogP contribution >= 0.6 is 11.6 Å². The number of halogens is 1. The first-order chi connectivity index (χ1) is 5.15. The van der Waals surface area contributed by atoms with Crippen LogP contribution in [0.1, 0.15) is 18.2 Å². The zero-order chi connectivity index (χ0) is 8.43. The average molecular weight is 171 g/mol. The lowest BCUT2D eigenvalue weighted by Crippen LogP contribution is -1.97. The molecule has 0 amide bonds. The molecule has 0 spiro atoms. The molecule has 2 N–H and O–H groups in total. The lowest BCUT2D eigenvalue weighted by molar-refractivity contribution is 1.03. The molecular weight excluding hydrogens is 160 g/mol. The molecule has 1 rings (SSSR count). The van der Waals surface area contributed by atoms with Crippen molar-refractivity contribution < 1.29 is 0 Å². The van der Waals surface area contributed by atoms with Gasteiger partial charge in [0.25, 0.3) is 0 Å². The average Bonchev–Trinajstić information content (AvgIpc) is 1.96. The summed E-state index contributed by atoms with van der Waals surface area (Å²) in [4.78, 5) is 4.10. The van der Waals surface area contributed by atoms with Gasteiger partial charge in [-0.05, 0) is 25.0 Å². The minimum atomic E-state index is 0.545. The van der Waals surface area contributed by atoms with Gasteiger partial charge in [0.05, 0.1) is 10.7 Å². The summed E-state index contributed by atoms with van der Waals surface area (Å²) in [5.41, 5.74) is 7.41. The summed E-state index contributed by atoms with van der Waals surface area (Å²) in [7, 11) is 0. The number of anilines is 1. The largest absolute Gasteiger partial charge is 0.384 e. The molecule has 1 aromatic heterocycles. The quantitative estimate of drug-likeness (QED) is 0.702. The van der Waals surface area contributed by atoms with Crippen LogP contribution in [0.15, 0.2) is 6.07 Å². The first kappa shape index (κ1) is 8.34. The first-order valence-corrected chi connectivity index (χ1v) is 3.94. The van der Waals surface area contributed by atoms with E-state index >= 15 is 0 Å². The van der Waals surface area contributed by atoms with E-state index in [1.807, 2.05) is 13.8 Å². The lowest BCUT2D eigenvalue weighted by atomic mass is 10.2. The monoisotopic (exact) mass is 170 g/mol. The van der Waals surface area contributed by atoms with Crippen LogP contribution in [0.4, 0.5) is 5.82 Å². The summed E-state index contributed by atoms with van der Waals surface area (Å²) in [6.07, 6.45) is 0.824. The van der Waals surface area contributed by atoms with Crippen molar-refractivity contribution in [1.82, 2.24) is 4.98 Å². The topological polar surface area (TPSA) is 38.9 Å². The molecule has 60 valence electrons. The molecular formula is C8H11ClN2. The number of aromatic nitrogens is 1. The van der Waals surface area contributed by atoms with Gasteiger partial charge in [0.2, 0.25) is 0 Å². The molecule has 0 fully saturated rings.